The summed E-state index contributed by atoms with van der Waals surface area (Å²) in [7, 11) is -3.58. The largest absolute Gasteiger partial charge is 0.327 e. The molecule has 1 aliphatic heterocycles. The summed E-state index contributed by atoms with van der Waals surface area (Å²) in [5, 5.41) is 8.46. The molecule has 0 radical (unpaired) electrons. The second-order valence-corrected chi connectivity index (χ2v) is 11.9. The Kier molecular flexibility index (Phi) is 6.03. The van der Waals surface area contributed by atoms with Gasteiger partial charge in [0.2, 0.25) is 15.9 Å². The van der Waals surface area contributed by atoms with Crippen molar-refractivity contribution in [3.8, 4) is 6.07 Å². The fourth-order valence-electron chi connectivity index (χ4n) is 5.36. The van der Waals surface area contributed by atoms with Crippen molar-refractivity contribution < 1.29 is 22.4 Å². The van der Waals surface area contributed by atoms with Crippen LogP contribution in [-0.2, 0) is 14.8 Å². The van der Waals surface area contributed by atoms with Crippen LogP contribution < -0.4 is 4.72 Å². The minimum absolute atomic E-state index is 0.151. The first kappa shape index (κ1) is 22.5. The number of carbonyl (C=O) groups is 2. The Labute approximate surface area is 183 Å². The van der Waals surface area contributed by atoms with Gasteiger partial charge >= 0.3 is 6.03 Å². The molecule has 10 heteroatoms. The minimum Gasteiger partial charge on any atom is -0.320 e. The van der Waals surface area contributed by atoms with Gasteiger partial charge in [-0.25, -0.2) is 27.2 Å². The summed E-state index contributed by atoms with van der Waals surface area (Å²) in [4.78, 5) is 28.8. The summed E-state index contributed by atoms with van der Waals surface area (Å²) in [6.45, 7) is 1.96. The summed E-state index contributed by atoms with van der Waals surface area (Å²) in [5.74, 6) is -0.921. The first-order valence-electron chi connectivity index (χ1n) is 11.3. The Hall–Kier alpha value is -1.73. The summed E-state index contributed by atoms with van der Waals surface area (Å²) in [6, 6.07) is 1.05. The number of imide groups is 1. The number of nitriles is 1. The maximum Gasteiger partial charge on any atom is 0.327 e. The van der Waals surface area contributed by atoms with E-state index in [2.05, 4.69) is 4.72 Å². The number of carbonyl (C=O) groups excluding carboxylic acids is 2. The maximum absolute atomic E-state index is 13.5. The number of hydrogen-bond acceptors (Lipinski definition) is 5. The molecular formula is C21H31FN4O4S. The van der Waals surface area contributed by atoms with Gasteiger partial charge in [-0.15, -0.1) is 0 Å². The van der Waals surface area contributed by atoms with Crippen LogP contribution >= 0.6 is 0 Å². The van der Waals surface area contributed by atoms with Crippen LogP contribution in [0.3, 0.4) is 0 Å². The highest BCUT2D eigenvalue weighted by Gasteiger charge is 2.52. The molecule has 1 heterocycles. The number of sulfonamides is 1. The van der Waals surface area contributed by atoms with Crippen molar-refractivity contribution in [1.29, 1.82) is 5.26 Å². The van der Waals surface area contributed by atoms with Gasteiger partial charge in [-0.05, 0) is 70.6 Å². The van der Waals surface area contributed by atoms with Crippen molar-refractivity contribution in [2.24, 2.45) is 11.8 Å². The second kappa shape index (κ2) is 8.32. The van der Waals surface area contributed by atoms with E-state index in [0.717, 1.165) is 17.7 Å². The van der Waals surface area contributed by atoms with E-state index in [9.17, 15) is 22.4 Å². The van der Waals surface area contributed by atoms with Gasteiger partial charge in [0, 0.05) is 18.1 Å². The molecule has 3 amide bonds. The van der Waals surface area contributed by atoms with Gasteiger partial charge in [0.05, 0.1) is 17.2 Å². The third-order valence-corrected chi connectivity index (χ3v) is 9.60. The highest BCUT2D eigenvalue weighted by molar-refractivity contribution is 7.90. The molecule has 0 bridgehead atoms. The van der Waals surface area contributed by atoms with Crippen molar-refractivity contribution in [2.75, 3.05) is 13.1 Å². The van der Waals surface area contributed by atoms with Crippen LogP contribution in [-0.4, -0.2) is 66.2 Å². The summed E-state index contributed by atoms with van der Waals surface area (Å²) in [5.41, 5.74) is -0.379. The van der Waals surface area contributed by atoms with Gasteiger partial charge in [0.1, 0.15) is 12.7 Å². The van der Waals surface area contributed by atoms with Crippen LogP contribution in [0.5, 0.6) is 0 Å². The number of alkyl halides is 1. The van der Waals surface area contributed by atoms with Crippen molar-refractivity contribution in [3.05, 3.63) is 0 Å². The average Bonchev–Trinajstić information content (AvgIpc) is 3.45. The predicted molar refractivity (Wildman–Crippen MR) is 111 cm³/mol. The lowest BCUT2D eigenvalue weighted by Gasteiger charge is -2.48. The molecule has 3 saturated carbocycles. The van der Waals surface area contributed by atoms with Crippen molar-refractivity contribution >= 4 is 22.0 Å². The molecule has 3 atom stereocenters. The van der Waals surface area contributed by atoms with Crippen LogP contribution in [0.25, 0.3) is 0 Å². The lowest BCUT2D eigenvalue weighted by molar-refractivity contribution is -0.140. The fraction of sp³-hybridized carbons (Fsp3) is 0.857. The monoisotopic (exact) mass is 454 g/mol. The zero-order chi connectivity index (χ0) is 22.4. The summed E-state index contributed by atoms with van der Waals surface area (Å²) < 4.78 is 42.2. The van der Waals surface area contributed by atoms with E-state index in [1.165, 1.54) is 0 Å². The van der Waals surface area contributed by atoms with Crippen LogP contribution in [0.4, 0.5) is 9.18 Å². The van der Waals surface area contributed by atoms with Crippen LogP contribution in [0.15, 0.2) is 0 Å². The molecule has 1 N–H and O–H groups in total. The number of hydrogen-bond donors (Lipinski definition) is 1. The molecule has 4 aliphatic rings. The number of rotatable bonds is 6. The van der Waals surface area contributed by atoms with Crippen LogP contribution in [0.1, 0.15) is 64.7 Å². The molecule has 1 saturated heterocycles. The highest BCUT2D eigenvalue weighted by atomic mass is 32.2. The second-order valence-electron chi connectivity index (χ2n) is 9.95. The number of halogens is 1. The van der Waals surface area contributed by atoms with E-state index >= 15 is 0 Å². The number of nitrogens with one attached hydrogen (secondary N) is 1. The highest BCUT2D eigenvalue weighted by Crippen LogP contribution is 2.41. The van der Waals surface area contributed by atoms with E-state index in [4.69, 9.17) is 5.26 Å². The van der Waals surface area contributed by atoms with E-state index in [-0.39, 0.29) is 30.5 Å². The SMILES string of the molecule is CC1(NS(=O)(=O)C2CCC3C(C2)C(=O)N(CC#N)C(=O)N3CC2CCC(F)CC2)CC1. The first-order chi connectivity index (χ1) is 14.6. The maximum atomic E-state index is 13.5. The Balaban J connectivity index is 1.53. The summed E-state index contributed by atoms with van der Waals surface area (Å²) in [6.07, 6.45) is 4.13. The van der Waals surface area contributed by atoms with E-state index in [1.807, 2.05) is 13.0 Å². The lowest BCUT2D eigenvalue weighted by Crippen LogP contribution is -2.64. The Morgan fingerprint density at radius 1 is 1.16 bits per heavy atom. The number of nitrogens with zero attached hydrogens (tertiary/aromatic N) is 3. The zero-order valence-electron chi connectivity index (χ0n) is 17.9. The fourth-order valence-corrected chi connectivity index (χ4v) is 7.32. The number of urea groups is 1. The lowest BCUT2D eigenvalue weighted by atomic mass is 9.79. The third-order valence-electron chi connectivity index (χ3n) is 7.51. The van der Waals surface area contributed by atoms with Crippen molar-refractivity contribution in [3.63, 3.8) is 0 Å². The van der Waals surface area contributed by atoms with Crippen molar-refractivity contribution in [2.45, 2.75) is 87.7 Å². The molecule has 0 aromatic heterocycles. The molecule has 0 aromatic carbocycles. The van der Waals surface area contributed by atoms with Gasteiger partial charge in [-0.2, -0.15) is 5.26 Å². The van der Waals surface area contributed by atoms with Gasteiger partial charge in [-0.3, -0.25) is 4.79 Å². The quantitative estimate of drug-likeness (QED) is 0.619. The number of amides is 3. The standard InChI is InChI=1S/C21H31FN4O4S/c1-21(8-9-21)24-31(29,30)16-6-7-18-17(12-16)19(27)25(11-10-23)20(28)26(18)13-14-2-4-15(22)5-3-14/h14-18,24H,2-9,11-13H2,1H3. The Morgan fingerprint density at radius 2 is 1.84 bits per heavy atom. The molecule has 0 aromatic rings. The van der Waals surface area contributed by atoms with Crippen molar-refractivity contribution in [1.82, 2.24) is 14.5 Å². The average molecular weight is 455 g/mol. The van der Waals surface area contributed by atoms with Gasteiger partial charge in [-0.1, -0.05) is 0 Å². The number of fused-ring (bicyclic) bond motifs is 1. The van der Waals surface area contributed by atoms with Gasteiger partial charge < -0.3 is 4.90 Å². The Morgan fingerprint density at radius 3 is 2.45 bits per heavy atom. The molecule has 4 fully saturated rings. The summed E-state index contributed by atoms with van der Waals surface area (Å²) >= 11 is 0. The molecule has 3 unspecified atom stereocenters. The smallest absolute Gasteiger partial charge is 0.320 e. The molecular weight excluding hydrogens is 423 g/mol. The Bertz CT molecular complexity index is 876. The third kappa shape index (κ3) is 4.58. The van der Waals surface area contributed by atoms with E-state index in [0.29, 0.717) is 45.1 Å². The molecule has 4 rings (SSSR count). The van der Waals surface area contributed by atoms with E-state index in [1.54, 1.807) is 4.90 Å². The topological polar surface area (TPSA) is 111 Å². The minimum atomic E-state index is -3.58. The molecule has 31 heavy (non-hydrogen) atoms. The first-order valence-corrected chi connectivity index (χ1v) is 12.8. The van der Waals surface area contributed by atoms with Crippen LogP contribution in [0, 0.1) is 23.2 Å². The molecule has 3 aliphatic carbocycles. The van der Waals surface area contributed by atoms with Crippen LogP contribution in [0.2, 0.25) is 0 Å². The normalized spacial score (nSPS) is 35.5. The zero-order valence-corrected chi connectivity index (χ0v) is 18.7. The molecule has 172 valence electrons. The molecule has 8 nitrogen and oxygen atoms in total. The molecule has 0 spiro atoms. The van der Waals surface area contributed by atoms with Gasteiger partial charge in [0.25, 0.3) is 0 Å². The van der Waals surface area contributed by atoms with E-state index < -0.39 is 39.3 Å². The predicted octanol–water partition coefficient (Wildman–Crippen LogP) is 2.31. The van der Waals surface area contributed by atoms with Gasteiger partial charge in [0.15, 0.2) is 0 Å².